The molecule has 3 aromatic rings. The number of benzene rings is 2. The first kappa shape index (κ1) is 22.4. The topological polar surface area (TPSA) is 74.6 Å². The second kappa shape index (κ2) is 11.2. The van der Waals surface area contributed by atoms with Gasteiger partial charge in [-0.05, 0) is 31.0 Å². The second-order valence-corrected chi connectivity index (χ2v) is 7.08. The lowest BCUT2D eigenvalue weighted by Gasteiger charge is -2.18. The largest absolute Gasteiger partial charge is 0.489 e. The van der Waals surface area contributed by atoms with Gasteiger partial charge < -0.3 is 19.5 Å². The number of aryl methyl sites for hydroxylation is 1. The molecule has 7 nitrogen and oxygen atoms in total. The maximum absolute atomic E-state index is 12.9. The van der Waals surface area contributed by atoms with Crippen molar-refractivity contribution in [3.05, 3.63) is 71.9 Å². The van der Waals surface area contributed by atoms with Crippen LogP contribution in [0.1, 0.15) is 36.2 Å². The van der Waals surface area contributed by atoms with E-state index in [9.17, 15) is 4.79 Å². The molecular weight excluding hydrogens is 394 g/mol. The Morgan fingerprint density at radius 3 is 2.55 bits per heavy atom. The van der Waals surface area contributed by atoms with E-state index >= 15 is 0 Å². The minimum Gasteiger partial charge on any atom is -0.489 e. The predicted octanol–water partition coefficient (Wildman–Crippen LogP) is 4.54. The molecule has 31 heavy (non-hydrogen) atoms. The van der Waals surface area contributed by atoms with Crippen molar-refractivity contribution in [1.29, 1.82) is 0 Å². The first-order valence-corrected chi connectivity index (χ1v) is 10.4. The zero-order valence-corrected chi connectivity index (χ0v) is 18.2. The van der Waals surface area contributed by atoms with Crippen molar-refractivity contribution in [2.24, 2.45) is 0 Å². The molecule has 2 aromatic carbocycles. The lowest BCUT2D eigenvalue weighted by atomic mass is 10.1. The first-order valence-electron chi connectivity index (χ1n) is 10.4. The summed E-state index contributed by atoms with van der Waals surface area (Å²) in [6.45, 7) is 5.59. The highest BCUT2D eigenvalue weighted by Crippen LogP contribution is 2.26. The summed E-state index contributed by atoms with van der Waals surface area (Å²) in [6, 6.07) is 16.8. The Bertz CT molecular complexity index is 972. The Labute approximate surface area is 182 Å². The van der Waals surface area contributed by atoms with Gasteiger partial charge in [-0.3, -0.25) is 9.48 Å². The van der Waals surface area contributed by atoms with E-state index < -0.39 is 0 Å². The molecule has 0 fully saturated rings. The van der Waals surface area contributed by atoms with Crippen LogP contribution in [0.4, 0.5) is 5.82 Å². The average Bonchev–Trinajstić information content (AvgIpc) is 3.25. The number of hydrogen-bond donors (Lipinski definition) is 1. The molecule has 3 rings (SSSR count). The van der Waals surface area contributed by atoms with Gasteiger partial charge in [-0.15, -0.1) is 0 Å². The van der Waals surface area contributed by atoms with Gasteiger partial charge in [0.25, 0.3) is 5.91 Å². The smallest absolute Gasteiger partial charge is 0.257 e. The number of carbonyl (C=O) groups excluding carboxylic acids is 1. The molecule has 0 aliphatic carbocycles. The number of amides is 1. The lowest BCUT2D eigenvalue weighted by molar-refractivity contribution is 0.0784. The molecule has 0 saturated carbocycles. The van der Waals surface area contributed by atoms with Crippen molar-refractivity contribution < 1.29 is 19.0 Å². The van der Waals surface area contributed by atoms with Crippen molar-refractivity contribution in [2.75, 3.05) is 19.0 Å². The van der Waals surface area contributed by atoms with E-state index in [4.69, 9.17) is 14.2 Å². The number of ether oxygens (including phenoxy) is 3. The second-order valence-electron chi connectivity index (χ2n) is 7.08. The molecule has 1 N–H and O–H groups in total. The molecule has 164 valence electrons. The number of methoxy groups -OCH3 is 1. The fourth-order valence-corrected chi connectivity index (χ4v) is 3.00. The molecule has 1 heterocycles. The molecular formula is C24H29N3O4. The number of carbonyl (C=O) groups is 1. The van der Waals surface area contributed by atoms with Crippen LogP contribution in [0.15, 0.2) is 60.8 Å². The van der Waals surface area contributed by atoms with Gasteiger partial charge in [-0.2, -0.15) is 5.10 Å². The standard InChI is InChI=1S/C24H29N3O4/c1-4-20(17-29-3)31-22-14-19(24(28)25-23-11-12-27(5-2)26-23)13-21(15-22)30-16-18-9-7-6-8-10-18/h6-15,20H,4-5,16-17H2,1-3H3,(H,25,26,28)/t20-/m0/s1. The third-order valence-corrected chi connectivity index (χ3v) is 4.71. The van der Waals surface area contributed by atoms with E-state index in [0.29, 0.717) is 36.1 Å². The molecule has 0 aliphatic rings. The minimum atomic E-state index is -0.281. The van der Waals surface area contributed by atoms with Crippen LogP contribution in [0.3, 0.4) is 0 Å². The molecule has 0 bridgehead atoms. The third kappa shape index (κ3) is 6.58. The summed E-state index contributed by atoms with van der Waals surface area (Å²) < 4.78 is 19.0. The van der Waals surface area contributed by atoms with E-state index in [0.717, 1.165) is 18.5 Å². The minimum absolute atomic E-state index is 0.120. The zero-order chi connectivity index (χ0) is 22.1. The van der Waals surface area contributed by atoms with E-state index in [1.54, 1.807) is 36.1 Å². The highest BCUT2D eigenvalue weighted by molar-refractivity contribution is 6.04. The summed E-state index contributed by atoms with van der Waals surface area (Å²) in [5.41, 5.74) is 1.47. The van der Waals surface area contributed by atoms with Crippen LogP contribution in [0.5, 0.6) is 11.5 Å². The van der Waals surface area contributed by atoms with Crippen LogP contribution in [0, 0.1) is 0 Å². The third-order valence-electron chi connectivity index (χ3n) is 4.71. The number of rotatable bonds is 11. The Hall–Kier alpha value is -3.32. The lowest BCUT2D eigenvalue weighted by Crippen LogP contribution is -2.21. The fraction of sp³-hybridized carbons (Fsp3) is 0.333. The van der Waals surface area contributed by atoms with Gasteiger partial charge in [0.2, 0.25) is 0 Å². The molecule has 0 saturated heterocycles. The summed E-state index contributed by atoms with van der Waals surface area (Å²) in [7, 11) is 1.64. The molecule has 7 heteroatoms. The van der Waals surface area contributed by atoms with Gasteiger partial charge in [-0.25, -0.2) is 0 Å². The normalized spacial score (nSPS) is 11.7. The van der Waals surface area contributed by atoms with Crippen LogP contribution < -0.4 is 14.8 Å². The highest BCUT2D eigenvalue weighted by atomic mass is 16.5. The Morgan fingerprint density at radius 1 is 1.10 bits per heavy atom. The maximum Gasteiger partial charge on any atom is 0.257 e. The Kier molecular flexibility index (Phi) is 8.06. The Morgan fingerprint density at radius 2 is 1.87 bits per heavy atom. The van der Waals surface area contributed by atoms with Crippen LogP contribution in [0.25, 0.3) is 0 Å². The number of nitrogens with one attached hydrogen (secondary N) is 1. The van der Waals surface area contributed by atoms with Gasteiger partial charge in [0.15, 0.2) is 5.82 Å². The number of aromatic nitrogens is 2. The molecule has 0 unspecified atom stereocenters. The van der Waals surface area contributed by atoms with Gasteiger partial charge >= 0.3 is 0 Å². The summed E-state index contributed by atoms with van der Waals surface area (Å²) >= 11 is 0. The number of hydrogen-bond acceptors (Lipinski definition) is 5. The van der Waals surface area contributed by atoms with Crippen molar-refractivity contribution >= 4 is 11.7 Å². The van der Waals surface area contributed by atoms with Crippen molar-refractivity contribution in [3.63, 3.8) is 0 Å². The monoisotopic (exact) mass is 423 g/mol. The maximum atomic E-state index is 12.9. The molecule has 0 spiro atoms. The predicted molar refractivity (Wildman–Crippen MR) is 120 cm³/mol. The van der Waals surface area contributed by atoms with Crippen molar-refractivity contribution in [2.45, 2.75) is 39.5 Å². The van der Waals surface area contributed by atoms with Gasteiger partial charge in [0.05, 0.1) is 6.61 Å². The molecule has 1 amide bonds. The first-order chi connectivity index (χ1) is 15.1. The summed E-state index contributed by atoms with van der Waals surface area (Å²) in [6.07, 6.45) is 2.48. The molecule has 1 atom stereocenters. The van der Waals surface area contributed by atoms with E-state index in [1.165, 1.54) is 0 Å². The number of nitrogens with zero attached hydrogens (tertiary/aromatic N) is 2. The number of anilines is 1. The van der Waals surface area contributed by atoms with Crippen LogP contribution in [-0.4, -0.2) is 35.5 Å². The fourth-order valence-electron chi connectivity index (χ4n) is 3.00. The van der Waals surface area contributed by atoms with E-state index in [-0.39, 0.29) is 12.0 Å². The SMILES string of the molecule is CC[C@@H](COC)Oc1cc(OCc2ccccc2)cc(C(=O)Nc2ccn(CC)n2)c1. The van der Waals surface area contributed by atoms with Crippen molar-refractivity contribution in [3.8, 4) is 11.5 Å². The molecule has 1 aromatic heterocycles. The van der Waals surface area contributed by atoms with E-state index in [1.807, 2.05) is 50.4 Å². The summed E-state index contributed by atoms with van der Waals surface area (Å²) in [5, 5.41) is 7.13. The highest BCUT2D eigenvalue weighted by Gasteiger charge is 2.15. The van der Waals surface area contributed by atoms with Gasteiger partial charge in [-0.1, -0.05) is 37.3 Å². The van der Waals surface area contributed by atoms with Crippen LogP contribution in [0.2, 0.25) is 0 Å². The van der Waals surface area contributed by atoms with E-state index in [2.05, 4.69) is 10.4 Å². The van der Waals surface area contributed by atoms with Crippen LogP contribution >= 0.6 is 0 Å². The quantitative estimate of drug-likeness (QED) is 0.490. The molecule has 0 aliphatic heterocycles. The summed E-state index contributed by atoms with van der Waals surface area (Å²) in [5.74, 6) is 1.32. The zero-order valence-electron chi connectivity index (χ0n) is 18.2. The van der Waals surface area contributed by atoms with Gasteiger partial charge in [0, 0.05) is 37.5 Å². The Balaban J connectivity index is 1.81. The molecule has 0 radical (unpaired) electrons. The van der Waals surface area contributed by atoms with Crippen molar-refractivity contribution in [1.82, 2.24) is 9.78 Å². The van der Waals surface area contributed by atoms with Crippen LogP contribution in [-0.2, 0) is 17.9 Å². The average molecular weight is 424 g/mol. The summed E-state index contributed by atoms with van der Waals surface area (Å²) in [4.78, 5) is 12.9. The van der Waals surface area contributed by atoms with Gasteiger partial charge in [0.1, 0.15) is 24.2 Å².